The van der Waals surface area contributed by atoms with E-state index in [0.717, 1.165) is 19.3 Å². The third-order valence-corrected chi connectivity index (χ3v) is 4.16. The molecule has 0 saturated carbocycles. The van der Waals surface area contributed by atoms with E-state index in [1.54, 1.807) is 0 Å². The Morgan fingerprint density at radius 3 is 1.64 bits per heavy atom. The first-order valence-corrected chi connectivity index (χ1v) is 9.17. The van der Waals surface area contributed by atoms with Gasteiger partial charge in [-0.3, -0.25) is 9.59 Å². The van der Waals surface area contributed by atoms with Crippen molar-refractivity contribution >= 4 is 11.9 Å². The Morgan fingerprint density at radius 2 is 1.00 bits per heavy atom. The number of rotatable bonds is 0. The summed E-state index contributed by atoms with van der Waals surface area (Å²) < 4.78 is 4.82. The highest BCUT2D eigenvalue weighted by atomic mass is 16.6. The van der Waals surface area contributed by atoms with Gasteiger partial charge in [-0.25, -0.2) is 0 Å². The molecule has 0 atom stereocenters. The monoisotopic (exact) mass is 308 g/mol. The molecule has 0 radical (unpaired) electrons. The van der Waals surface area contributed by atoms with E-state index >= 15 is 0 Å². The zero-order valence-corrected chi connectivity index (χ0v) is 14.0. The zero-order valence-electron chi connectivity index (χ0n) is 14.0. The number of cyclic esters (lactones) is 2. The second kappa shape index (κ2) is 13.5. The molecule has 1 heterocycles. The number of allylic oxidation sites excluding steroid dienone is 2. The first-order chi connectivity index (χ1) is 10.8. The Kier molecular flexibility index (Phi) is 11.6. The van der Waals surface area contributed by atoms with Gasteiger partial charge in [0.2, 0.25) is 0 Å². The Hall–Kier alpha value is -1.12. The first-order valence-electron chi connectivity index (χ1n) is 9.17. The highest BCUT2D eigenvalue weighted by Gasteiger charge is 2.09. The summed E-state index contributed by atoms with van der Waals surface area (Å²) in [6.07, 6.45) is 20.3. The van der Waals surface area contributed by atoms with E-state index in [-0.39, 0.29) is 11.9 Å². The Balaban J connectivity index is 2.25. The molecule has 0 amide bonds. The molecular weight excluding hydrogens is 276 g/mol. The summed E-state index contributed by atoms with van der Waals surface area (Å²) in [5, 5.41) is 0. The molecule has 22 heavy (non-hydrogen) atoms. The molecule has 0 aromatic rings. The average molecular weight is 308 g/mol. The van der Waals surface area contributed by atoms with Gasteiger partial charge in [-0.05, 0) is 25.7 Å². The number of carbonyl (C=O) groups excluding carboxylic acids is 2. The molecule has 0 unspecified atom stereocenters. The van der Waals surface area contributed by atoms with Crippen molar-refractivity contribution in [3.05, 3.63) is 12.2 Å². The molecule has 1 rings (SSSR count). The van der Waals surface area contributed by atoms with Gasteiger partial charge in [-0.2, -0.15) is 0 Å². The molecule has 0 fully saturated rings. The molecule has 1 aliphatic heterocycles. The van der Waals surface area contributed by atoms with Crippen LogP contribution in [0.2, 0.25) is 0 Å². The molecule has 0 saturated heterocycles. The normalized spacial score (nSPS) is 23.5. The standard InChI is InChI=1S/C19H32O3/c20-18-16-14-12-10-8-6-4-2-1-3-5-7-9-11-13-15-17-19(21)22-18/h10,12H,1-9,11,13-17H2/b12-10+. The number of esters is 2. The summed E-state index contributed by atoms with van der Waals surface area (Å²) in [5.41, 5.74) is 0. The van der Waals surface area contributed by atoms with E-state index in [9.17, 15) is 9.59 Å². The lowest BCUT2D eigenvalue weighted by atomic mass is 10.0. The summed E-state index contributed by atoms with van der Waals surface area (Å²) in [4.78, 5) is 23.0. The van der Waals surface area contributed by atoms with E-state index in [1.807, 2.05) is 6.08 Å². The van der Waals surface area contributed by atoms with Crippen LogP contribution in [-0.2, 0) is 14.3 Å². The minimum atomic E-state index is -0.385. The van der Waals surface area contributed by atoms with Gasteiger partial charge < -0.3 is 4.74 Å². The quantitative estimate of drug-likeness (QED) is 0.338. The third-order valence-electron chi connectivity index (χ3n) is 4.16. The second-order valence-electron chi connectivity index (χ2n) is 6.28. The van der Waals surface area contributed by atoms with Crippen molar-refractivity contribution in [3.8, 4) is 0 Å². The molecule has 0 aromatic carbocycles. The lowest BCUT2D eigenvalue weighted by molar-refractivity contribution is -0.159. The Labute approximate surface area is 135 Å². The maximum absolute atomic E-state index is 11.5. The minimum absolute atomic E-state index is 0.308. The summed E-state index contributed by atoms with van der Waals surface area (Å²) in [7, 11) is 0. The van der Waals surface area contributed by atoms with Gasteiger partial charge in [-0.15, -0.1) is 0 Å². The second-order valence-corrected chi connectivity index (χ2v) is 6.28. The number of hydrogen-bond donors (Lipinski definition) is 0. The fourth-order valence-electron chi connectivity index (χ4n) is 2.79. The van der Waals surface area contributed by atoms with Gasteiger partial charge in [0.05, 0.1) is 0 Å². The summed E-state index contributed by atoms with van der Waals surface area (Å²) in [6, 6.07) is 0. The van der Waals surface area contributed by atoms with Crippen molar-refractivity contribution < 1.29 is 14.3 Å². The molecule has 1 aliphatic rings. The van der Waals surface area contributed by atoms with Crippen molar-refractivity contribution in [1.29, 1.82) is 0 Å². The van der Waals surface area contributed by atoms with Crippen molar-refractivity contribution in [2.75, 3.05) is 0 Å². The van der Waals surface area contributed by atoms with Crippen LogP contribution in [0.3, 0.4) is 0 Å². The molecule has 0 aromatic heterocycles. The lowest BCUT2D eigenvalue weighted by Crippen LogP contribution is -2.11. The minimum Gasteiger partial charge on any atom is -0.393 e. The highest BCUT2D eigenvalue weighted by Crippen LogP contribution is 2.13. The van der Waals surface area contributed by atoms with Crippen LogP contribution < -0.4 is 0 Å². The third kappa shape index (κ3) is 11.5. The van der Waals surface area contributed by atoms with Gasteiger partial charge >= 0.3 is 11.9 Å². The smallest absolute Gasteiger partial charge is 0.313 e. The van der Waals surface area contributed by atoms with Crippen molar-refractivity contribution in [2.45, 2.75) is 96.3 Å². The van der Waals surface area contributed by atoms with Crippen LogP contribution in [-0.4, -0.2) is 11.9 Å². The highest BCUT2D eigenvalue weighted by molar-refractivity contribution is 5.85. The molecule has 0 bridgehead atoms. The number of ether oxygens (including phenoxy) is 1. The molecular formula is C19H32O3. The number of hydrogen-bond acceptors (Lipinski definition) is 3. The zero-order chi connectivity index (χ0) is 15.9. The van der Waals surface area contributed by atoms with E-state index in [0.29, 0.717) is 19.3 Å². The Morgan fingerprint density at radius 1 is 0.545 bits per heavy atom. The van der Waals surface area contributed by atoms with E-state index in [1.165, 1.54) is 57.8 Å². The van der Waals surface area contributed by atoms with Gasteiger partial charge in [0.1, 0.15) is 0 Å². The van der Waals surface area contributed by atoms with Crippen LogP contribution in [0, 0.1) is 0 Å². The van der Waals surface area contributed by atoms with Crippen molar-refractivity contribution in [3.63, 3.8) is 0 Å². The maximum Gasteiger partial charge on any atom is 0.313 e. The number of carbonyl (C=O) groups is 2. The predicted octanol–water partition coefficient (Wildman–Crippen LogP) is 5.48. The SMILES string of the molecule is O=C1CC/C=C/CCCCCCCCCCCCCC(=O)O1. The van der Waals surface area contributed by atoms with Gasteiger partial charge in [-0.1, -0.05) is 69.9 Å². The fraction of sp³-hybridized carbons (Fsp3) is 0.789. The molecule has 0 aliphatic carbocycles. The molecule has 0 N–H and O–H groups in total. The van der Waals surface area contributed by atoms with Crippen molar-refractivity contribution in [1.82, 2.24) is 0 Å². The van der Waals surface area contributed by atoms with Crippen molar-refractivity contribution in [2.24, 2.45) is 0 Å². The van der Waals surface area contributed by atoms with E-state index < -0.39 is 0 Å². The maximum atomic E-state index is 11.5. The summed E-state index contributed by atoms with van der Waals surface area (Å²) in [5.74, 6) is -0.743. The van der Waals surface area contributed by atoms with E-state index in [2.05, 4.69) is 6.08 Å². The van der Waals surface area contributed by atoms with Crippen LogP contribution in [0.25, 0.3) is 0 Å². The van der Waals surface area contributed by atoms with Crippen LogP contribution in [0.15, 0.2) is 12.2 Å². The summed E-state index contributed by atoms with van der Waals surface area (Å²) in [6.45, 7) is 0. The predicted molar refractivity (Wildman–Crippen MR) is 89.5 cm³/mol. The molecule has 0 spiro atoms. The van der Waals surface area contributed by atoms with Crippen LogP contribution in [0.5, 0.6) is 0 Å². The molecule has 3 nitrogen and oxygen atoms in total. The fourth-order valence-corrected chi connectivity index (χ4v) is 2.79. The van der Waals surface area contributed by atoms with Crippen LogP contribution >= 0.6 is 0 Å². The van der Waals surface area contributed by atoms with Gasteiger partial charge in [0.25, 0.3) is 0 Å². The topological polar surface area (TPSA) is 43.4 Å². The first kappa shape index (κ1) is 18.9. The van der Waals surface area contributed by atoms with Gasteiger partial charge in [0.15, 0.2) is 0 Å². The van der Waals surface area contributed by atoms with Crippen LogP contribution in [0.1, 0.15) is 96.3 Å². The lowest BCUT2D eigenvalue weighted by Gasteiger charge is -2.04. The largest absolute Gasteiger partial charge is 0.393 e. The van der Waals surface area contributed by atoms with Crippen LogP contribution in [0.4, 0.5) is 0 Å². The summed E-state index contributed by atoms with van der Waals surface area (Å²) >= 11 is 0. The Bertz CT molecular complexity index is 334. The van der Waals surface area contributed by atoms with E-state index in [4.69, 9.17) is 4.74 Å². The molecule has 3 heteroatoms. The van der Waals surface area contributed by atoms with Gasteiger partial charge in [0, 0.05) is 12.8 Å². The molecule has 126 valence electrons. The average Bonchev–Trinajstić information content (AvgIpc) is 2.49.